The van der Waals surface area contributed by atoms with Gasteiger partial charge in [-0.3, -0.25) is 19.4 Å². The van der Waals surface area contributed by atoms with Gasteiger partial charge in [0.1, 0.15) is 11.4 Å². The summed E-state index contributed by atoms with van der Waals surface area (Å²) in [7, 11) is 1.52. The summed E-state index contributed by atoms with van der Waals surface area (Å²) in [4.78, 5) is 43.2. The number of halogens is 1. The first-order chi connectivity index (χ1) is 19.4. The molecule has 0 spiro atoms. The van der Waals surface area contributed by atoms with E-state index in [1.807, 2.05) is 0 Å². The van der Waals surface area contributed by atoms with Crippen LogP contribution < -0.4 is 20.7 Å². The van der Waals surface area contributed by atoms with E-state index in [0.717, 1.165) is 4.90 Å². The molecule has 0 aliphatic rings. The monoisotopic (exact) mass is 572 g/mol. The molecule has 1 aromatic heterocycles. The normalized spacial score (nSPS) is 10.9. The number of rotatable bonds is 10. The average Bonchev–Trinajstić information content (AvgIpc) is 2.97. The molecule has 3 N–H and O–H groups in total. The number of carbonyl (C=O) groups is 3. The molecule has 0 radical (unpaired) electrons. The van der Waals surface area contributed by atoms with Crippen LogP contribution in [0.2, 0.25) is 5.02 Å². The van der Waals surface area contributed by atoms with Crippen LogP contribution in [0, 0.1) is 0 Å². The Kier molecular flexibility index (Phi) is 9.93. The maximum Gasteiger partial charge on any atom is 0.272 e. The van der Waals surface area contributed by atoms with Crippen molar-refractivity contribution >= 4 is 58.5 Å². The Morgan fingerprint density at radius 3 is 2.42 bits per heavy atom. The number of hydrogen-bond acceptors (Lipinski definition) is 6. The predicted molar refractivity (Wildman–Crippen MR) is 159 cm³/mol. The Morgan fingerprint density at radius 1 is 0.950 bits per heavy atom. The van der Waals surface area contributed by atoms with Gasteiger partial charge in [-0.25, -0.2) is 0 Å². The third kappa shape index (κ3) is 8.20. The first kappa shape index (κ1) is 28.4. The summed E-state index contributed by atoms with van der Waals surface area (Å²) in [5.41, 5.74) is 2.16. The lowest BCUT2D eigenvalue weighted by atomic mass is 10.2. The van der Waals surface area contributed by atoms with Crippen LogP contribution in [0.1, 0.15) is 15.9 Å². The van der Waals surface area contributed by atoms with Gasteiger partial charge in [0.15, 0.2) is 0 Å². The molecule has 0 saturated heterocycles. The van der Waals surface area contributed by atoms with Gasteiger partial charge in [-0.15, -0.1) is 11.8 Å². The van der Waals surface area contributed by atoms with Crippen LogP contribution in [-0.2, 0) is 9.59 Å². The number of nitrogens with one attached hydrogen (secondary N) is 3. The van der Waals surface area contributed by atoms with E-state index in [1.54, 1.807) is 103 Å². The Hall–Kier alpha value is -4.60. The molecule has 8 nitrogen and oxygen atoms in total. The molecule has 10 heteroatoms. The third-order valence-corrected chi connectivity index (χ3v) is 6.69. The van der Waals surface area contributed by atoms with Crippen molar-refractivity contribution in [2.24, 2.45) is 0 Å². The number of thioether (sulfide) groups is 1. The third-order valence-electron chi connectivity index (χ3n) is 5.44. The highest BCUT2D eigenvalue weighted by Gasteiger charge is 2.15. The van der Waals surface area contributed by atoms with Crippen molar-refractivity contribution < 1.29 is 19.1 Å². The van der Waals surface area contributed by atoms with Crippen molar-refractivity contribution in [3.63, 3.8) is 0 Å². The fourth-order valence-corrected chi connectivity index (χ4v) is 4.39. The summed E-state index contributed by atoms with van der Waals surface area (Å²) in [5.74, 6) is -0.457. The van der Waals surface area contributed by atoms with Crippen LogP contribution in [0.4, 0.5) is 11.4 Å². The number of aromatic nitrogens is 1. The SMILES string of the molecule is COc1ccc(Cl)cc1NC(=O)CSc1ccc(NC(=O)/C(=C/c2cccnc2)NC(=O)c2ccccc2)cc1. The predicted octanol–water partition coefficient (Wildman–Crippen LogP) is 5.88. The van der Waals surface area contributed by atoms with Crippen LogP contribution >= 0.6 is 23.4 Å². The second-order valence-electron chi connectivity index (χ2n) is 8.32. The van der Waals surface area contributed by atoms with Crippen LogP contribution in [0.5, 0.6) is 5.75 Å². The molecule has 3 amide bonds. The molecule has 1 heterocycles. The van der Waals surface area contributed by atoms with Gasteiger partial charge >= 0.3 is 0 Å². The van der Waals surface area contributed by atoms with Gasteiger partial charge in [-0.05, 0) is 72.3 Å². The average molecular weight is 573 g/mol. The number of anilines is 2. The maximum atomic E-state index is 13.1. The summed E-state index contributed by atoms with van der Waals surface area (Å²) in [6.07, 6.45) is 4.77. The number of amides is 3. The number of pyridine rings is 1. The Bertz CT molecular complexity index is 1510. The highest BCUT2D eigenvalue weighted by atomic mass is 35.5. The van der Waals surface area contributed by atoms with E-state index >= 15 is 0 Å². The summed E-state index contributed by atoms with van der Waals surface area (Å²) >= 11 is 7.36. The van der Waals surface area contributed by atoms with Crippen LogP contribution in [-0.4, -0.2) is 35.6 Å². The van der Waals surface area contributed by atoms with Gasteiger partial charge in [-0.1, -0.05) is 35.9 Å². The topological polar surface area (TPSA) is 109 Å². The second-order valence-corrected chi connectivity index (χ2v) is 9.81. The molecule has 0 bridgehead atoms. The van der Waals surface area contributed by atoms with Gasteiger partial charge < -0.3 is 20.7 Å². The Balaban J connectivity index is 1.38. The van der Waals surface area contributed by atoms with E-state index in [1.165, 1.54) is 18.9 Å². The molecule has 0 saturated carbocycles. The van der Waals surface area contributed by atoms with Crippen molar-refractivity contribution in [2.75, 3.05) is 23.5 Å². The summed E-state index contributed by atoms with van der Waals surface area (Å²) < 4.78 is 5.26. The molecule has 0 atom stereocenters. The Morgan fingerprint density at radius 2 is 1.73 bits per heavy atom. The molecule has 4 aromatic rings. The van der Waals surface area contributed by atoms with Crippen molar-refractivity contribution in [3.05, 3.63) is 119 Å². The largest absolute Gasteiger partial charge is 0.495 e. The number of carbonyl (C=O) groups excluding carboxylic acids is 3. The van der Waals surface area contributed by atoms with Gasteiger partial charge in [0.05, 0.1) is 18.6 Å². The quantitative estimate of drug-likeness (QED) is 0.162. The second kappa shape index (κ2) is 14.0. The number of ether oxygens (including phenoxy) is 1. The lowest BCUT2D eigenvalue weighted by molar-refractivity contribution is -0.114. The number of hydrogen-bond donors (Lipinski definition) is 3. The standard InChI is InChI=1S/C30H25ClN4O4S/c1-39-27-14-9-22(31)17-25(27)34-28(36)19-40-24-12-10-23(11-13-24)33-30(38)26(16-20-6-5-15-32-18-20)35-29(37)21-7-3-2-4-8-21/h2-18H,19H2,1H3,(H,33,38)(H,34,36)(H,35,37)/b26-16-. The summed E-state index contributed by atoms with van der Waals surface area (Å²) in [6.45, 7) is 0. The van der Waals surface area contributed by atoms with E-state index in [9.17, 15) is 14.4 Å². The van der Waals surface area contributed by atoms with E-state index < -0.39 is 11.8 Å². The van der Waals surface area contributed by atoms with Crippen molar-refractivity contribution in [2.45, 2.75) is 4.90 Å². The molecule has 0 fully saturated rings. The lowest BCUT2D eigenvalue weighted by Crippen LogP contribution is -2.30. The van der Waals surface area contributed by atoms with Crippen LogP contribution in [0.15, 0.2) is 108 Å². The van der Waals surface area contributed by atoms with Crippen molar-refractivity contribution in [1.29, 1.82) is 0 Å². The van der Waals surface area contributed by atoms with E-state index in [2.05, 4.69) is 20.9 Å². The molecular formula is C30H25ClN4O4S. The minimum Gasteiger partial charge on any atom is -0.495 e. The fourth-order valence-electron chi connectivity index (χ4n) is 3.52. The maximum absolute atomic E-state index is 13.1. The smallest absolute Gasteiger partial charge is 0.272 e. The zero-order valence-corrected chi connectivity index (χ0v) is 23.0. The van der Waals surface area contributed by atoms with Crippen LogP contribution in [0.25, 0.3) is 6.08 Å². The summed E-state index contributed by atoms with van der Waals surface area (Å²) in [5, 5.41) is 8.78. The van der Waals surface area contributed by atoms with E-state index in [-0.39, 0.29) is 17.4 Å². The zero-order valence-electron chi connectivity index (χ0n) is 21.4. The van der Waals surface area contributed by atoms with E-state index in [0.29, 0.717) is 33.3 Å². The van der Waals surface area contributed by atoms with Gasteiger partial charge in [0, 0.05) is 33.6 Å². The number of nitrogens with zero attached hydrogens (tertiary/aromatic N) is 1. The van der Waals surface area contributed by atoms with Crippen molar-refractivity contribution in [1.82, 2.24) is 10.3 Å². The van der Waals surface area contributed by atoms with Gasteiger partial charge in [0.25, 0.3) is 11.8 Å². The molecule has 0 aliphatic carbocycles. The van der Waals surface area contributed by atoms with Gasteiger partial charge in [-0.2, -0.15) is 0 Å². The lowest BCUT2D eigenvalue weighted by Gasteiger charge is -2.12. The molecule has 40 heavy (non-hydrogen) atoms. The van der Waals surface area contributed by atoms with Crippen molar-refractivity contribution in [3.8, 4) is 5.75 Å². The first-order valence-corrected chi connectivity index (χ1v) is 13.4. The minimum absolute atomic E-state index is 0.0634. The molecule has 0 aliphatic heterocycles. The molecule has 3 aromatic carbocycles. The minimum atomic E-state index is -0.497. The molecular weight excluding hydrogens is 548 g/mol. The van der Waals surface area contributed by atoms with E-state index in [4.69, 9.17) is 16.3 Å². The zero-order chi connectivity index (χ0) is 28.3. The number of benzene rings is 3. The van der Waals surface area contributed by atoms with Gasteiger partial charge in [0.2, 0.25) is 5.91 Å². The molecule has 0 unspecified atom stereocenters. The highest BCUT2D eigenvalue weighted by molar-refractivity contribution is 8.00. The van der Waals surface area contributed by atoms with Crippen LogP contribution in [0.3, 0.4) is 0 Å². The summed E-state index contributed by atoms with van der Waals surface area (Å²) in [6, 6.07) is 24.2. The fraction of sp³-hybridized carbons (Fsp3) is 0.0667. The number of methoxy groups -OCH3 is 1. The highest BCUT2D eigenvalue weighted by Crippen LogP contribution is 2.28. The molecule has 202 valence electrons. The molecule has 4 rings (SSSR count). The first-order valence-electron chi connectivity index (χ1n) is 12.1. The Labute approximate surface area is 240 Å².